The van der Waals surface area contributed by atoms with Crippen LogP contribution in [0.25, 0.3) is 0 Å². The molecule has 1 heterocycles. The van der Waals surface area contributed by atoms with Gasteiger partial charge in [-0.15, -0.1) is 11.3 Å². The maximum absolute atomic E-state index is 10.2. The Morgan fingerprint density at radius 1 is 1.39 bits per heavy atom. The highest BCUT2D eigenvalue weighted by Gasteiger charge is 2.37. The fraction of sp³-hybridized carbons (Fsp3) is 0.500. The monoisotopic (exact) mass is 332 g/mol. The van der Waals surface area contributed by atoms with Gasteiger partial charge in [0.2, 0.25) is 0 Å². The number of rotatable bonds is 7. The molecule has 1 aromatic carbocycles. The summed E-state index contributed by atoms with van der Waals surface area (Å²) in [6.07, 6.45) is 5.93. The molecular weight excluding hydrogens is 308 g/mol. The second-order valence-electron chi connectivity index (χ2n) is 6.29. The first kappa shape index (κ1) is 16.4. The van der Waals surface area contributed by atoms with E-state index in [1.54, 1.807) is 11.3 Å². The van der Waals surface area contributed by atoms with Gasteiger partial charge in [-0.25, -0.2) is 4.98 Å². The summed E-state index contributed by atoms with van der Waals surface area (Å²) in [7, 11) is 0. The molecule has 23 heavy (non-hydrogen) atoms. The number of nitrogens with one attached hydrogen (secondary N) is 1. The quantitative estimate of drug-likeness (QED) is 0.817. The van der Waals surface area contributed by atoms with Crippen molar-refractivity contribution in [3.63, 3.8) is 0 Å². The molecule has 0 bridgehead atoms. The molecule has 0 aliphatic heterocycles. The lowest BCUT2D eigenvalue weighted by Crippen LogP contribution is -2.45. The SMILES string of the molecule is Cc1cccc(OC[C@H](O)CNC2(c3nccs3)CCCC2)c1. The number of aliphatic hydroxyl groups excluding tert-OH is 1. The van der Waals surface area contributed by atoms with Gasteiger partial charge in [0.05, 0.1) is 5.54 Å². The van der Waals surface area contributed by atoms with Crippen molar-refractivity contribution in [1.29, 1.82) is 0 Å². The van der Waals surface area contributed by atoms with E-state index in [0.29, 0.717) is 13.2 Å². The number of nitrogens with zero attached hydrogens (tertiary/aromatic N) is 1. The average Bonchev–Trinajstić information content (AvgIpc) is 3.23. The molecule has 1 aliphatic carbocycles. The predicted octanol–water partition coefficient (Wildman–Crippen LogP) is 3.25. The molecule has 4 nitrogen and oxygen atoms in total. The van der Waals surface area contributed by atoms with Crippen molar-refractivity contribution in [1.82, 2.24) is 10.3 Å². The minimum absolute atomic E-state index is 0.0571. The molecule has 0 radical (unpaired) electrons. The van der Waals surface area contributed by atoms with Crippen molar-refractivity contribution < 1.29 is 9.84 Å². The van der Waals surface area contributed by atoms with Crippen LogP contribution in [-0.2, 0) is 5.54 Å². The number of aliphatic hydroxyl groups is 1. The van der Waals surface area contributed by atoms with Gasteiger partial charge in [-0.05, 0) is 37.5 Å². The van der Waals surface area contributed by atoms with Crippen LogP contribution in [0, 0.1) is 6.92 Å². The van der Waals surface area contributed by atoms with Crippen LogP contribution >= 0.6 is 11.3 Å². The number of aryl methyl sites for hydroxylation is 1. The van der Waals surface area contributed by atoms with E-state index in [1.807, 2.05) is 42.8 Å². The first-order valence-corrected chi connectivity index (χ1v) is 9.08. The van der Waals surface area contributed by atoms with Gasteiger partial charge in [-0.2, -0.15) is 0 Å². The number of hydrogen-bond acceptors (Lipinski definition) is 5. The molecule has 2 aromatic rings. The van der Waals surface area contributed by atoms with Crippen LogP contribution in [0.5, 0.6) is 5.75 Å². The zero-order valence-corrected chi connectivity index (χ0v) is 14.3. The van der Waals surface area contributed by atoms with Crippen molar-refractivity contribution in [2.24, 2.45) is 0 Å². The summed E-state index contributed by atoms with van der Waals surface area (Å²) in [5.74, 6) is 0.805. The Bertz CT molecular complexity index is 609. The Morgan fingerprint density at radius 2 is 2.22 bits per heavy atom. The molecule has 0 unspecified atom stereocenters. The molecule has 0 amide bonds. The van der Waals surface area contributed by atoms with Crippen LogP contribution in [0.3, 0.4) is 0 Å². The highest BCUT2D eigenvalue weighted by atomic mass is 32.1. The Kier molecular flexibility index (Phi) is 5.30. The van der Waals surface area contributed by atoms with E-state index >= 15 is 0 Å². The Morgan fingerprint density at radius 3 is 2.91 bits per heavy atom. The third-order valence-corrected chi connectivity index (χ3v) is 5.38. The Labute approximate surface area is 141 Å². The van der Waals surface area contributed by atoms with Crippen LogP contribution in [0.15, 0.2) is 35.8 Å². The molecule has 0 spiro atoms. The van der Waals surface area contributed by atoms with E-state index in [0.717, 1.165) is 29.2 Å². The van der Waals surface area contributed by atoms with Crippen molar-refractivity contribution in [3.8, 4) is 5.75 Å². The second kappa shape index (κ2) is 7.43. The molecule has 2 N–H and O–H groups in total. The number of ether oxygens (including phenoxy) is 1. The fourth-order valence-electron chi connectivity index (χ4n) is 3.17. The smallest absolute Gasteiger partial charge is 0.119 e. The van der Waals surface area contributed by atoms with Crippen LogP contribution < -0.4 is 10.1 Å². The highest BCUT2D eigenvalue weighted by Crippen LogP contribution is 2.39. The van der Waals surface area contributed by atoms with Gasteiger partial charge < -0.3 is 15.2 Å². The number of benzene rings is 1. The predicted molar refractivity (Wildman–Crippen MR) is 92.9 cm³/mol. The van der Waals surface area contributed by atoms with E-state index in [-0.39, 0.29) is 5.54 Å². The maximum Gasteiger partial charge on any atom is 0.119 e. The average molecular weight is 332 g/mol. The molecule has 1 atom stereocenters. The van der Waals surface area contributed by atoms with Crippen LogP contribution in [-0.4, -0.2) is 29.3 Å². The Hall–Kier alpha value is -1.43. The lowest BCUT2D eigenvalue weighted by atomic mass is 9.98. The van der Waals surface area contributed by atoms with Gasteiger partial charge in [-0.3, -0.25) is 0 Å². The topological polar surface area (TPSA) is 54.4 Å². The molecular formula is C18H24N2O2S. The molecule has 3 rings (SSSR count). The van der Waals surface area contributed by atoms with Gasteiger partial charge >= 0.3 is 0 Å². The van der Waals surface area contributed by atoms with Crippen LogP contribution in [0.2, 0.25) is 0 Å². The van der Waals surface area contributed by atoms with Crippen molar-refractivity contribution >= 4 is 11.3 Å². The summed E-state index contributed by atoms with van der Waals surface area (Å²) in [5.41, 5.74) is 1.10. The zero-order chi connectivity index (χ0) is 16.1. The molecule has 1 fully saturated rings. The van der Waals surface area contributed by atoms with Crippen LogP contribution in [0.1, 0.15) is 36.3 Å². The van der Waals surface area contributed by atoms with E-state index in [4.69, 9.17) is 4.74 Å². The van der Waals surface area contributed by atoms with Gasteiger partial charge in [0, 0.05) is 18.1 Å². The number of hydrogen-bond donors (Lipinski definition) is 2. The van der Waals surface area contributed by atoms with Gasteiger partial charge in [0.15, 0.2) is 0 Å². The fourth-order valence-corrected chi connectivity index (χ4v) is 4.05. The van der Waals surface area contributed by atoms with Crippen molar-refractivity contribution in [2.75, 3.05) is 13.2 Å². The highest BCUT2D eigenvalue weighted by molar-refractivity contribution is 7.09. The molecule has 124 valence electrons. The van der Waals surface area contributed by atoms with Crippen molar-refractivity contribution in [2.45, 2.75) is 44.2 Å². The van der Waals surface area contributed by atoms with Gasteiger partial charge in [-0.1, -0.05) is 25.0 Å². The first-order chi connectivity index (χ1) is 11.2. The molecule has 1 aromatic heterocycles. The lowest BCUT2D eigenvalue weighted by Gasteiger charge is -2.29. The summed E-state index contributed by atoms with van der Waals surface area (Å²) in [6.45, 7) is 2.85. The third-order valence-electron chi connectivity index (χ3n) is 4.41. The summed E-state index contributed by atoms with van der Waals surface area (Å²) < 4.78 is 5.68. The summed E-state index contributed by atoms with van der Waals surface area (Å²) in [5, 5.41) is 17.0. The molecule has 1 saturated carbocycles. The maximum atomic E-state index is 10.2. The lowest BCUT2D eigenvalue weighted by molar-refractivity contribution is 0.0961. The third kappa shape index (κ3) is 4.10. The first-order valence-electron chi connectivity index (χ1n) is 8.20. The molecule has 1 aliphatic rings. The van der Waals surface area contributed by atoms with Gasteiger partial charge in [0.25, 0.3) is 0 Å². The minimum Gasteiger partial charge on any atom is -0.491 e. The van der Waals surface area contributed by atoms with E-state index in [9.17, 15) is 5.11 Å². The van der Waals surface area contributed by atoms with Gasteiger partial charge in [0.1, 0.15) is 23.5 Å². The number of aromatic nitrogens is 1. The normalized spacial score (nSPS) is 18.0. The second-order valence-corrected chi connectivity index (χ2v) is 7.18. The van der Waals surface area contributed by atoms with Crippen molar-refractivity contribution in [3.05, 3.63) is 46.4 Å². The molecule has 5 heteroatoms. The summed E-state index contributed by atoms with van der Waals surface area (Å²) in [4.78, 5) is 4.49. The Balaban J connectivity index is 1.52. The number of thiazole rings is 1. The molecule has 0 saturated heterocycles. The summed E-state index contributed by atoms with van der Waals surface area (Å²) >= 11 is 1.70. The van der Waals surface area contributed by atoms with Crippen LogP contribution in [0.4, 0.5) is 0 Å². The minimum atomic E-state index is -0.534. The summed E-state index contributed by atoms with van der Waals surface area (Å²) in [6, 6.07) is 7.89. The van der Waals surface area contributed by atoms with E-state index in [2.05, 4.69) is 10.3 Å². The standard InChI is InChI=1S/C18H24N2O2S/c1-14-5-4-6-16(11-14)22-13-15(21)12-20-18(7-2-3-8-18)17-19-9-10-23-17/h4-6,9-11,15,20-21H,2-3,7-8,12-13H2,1H3/t15-/m1/s1. The van der Waals surface area contributed by atoms with E-state index in [1.165, 1.54) is 12.8 Å². The zero-order valence-electron chi connectivity index (χ0n) is 13.5. The largest absolute Gasteiger partial charge is 0.491 e. The van der Waals surface area contributed by atoms with E-state index < -0.39 is 6.10 Å².